The van der Waals surface area contributed by atoms with Gasteiger partial charge in [-0.2, -0.15) is 0 Å². The van der Waals surface area contributed by atoms with Crippen LogP contribution in [-0.4, -0.2) is 6.10 Å². The lowest BCUT2D eigenvalue weighted by molar-refractivity contribution is 0.242. The van der Waals surface area contributed by atoms with Gasteiger partial charge in [0.15, 0.2) is 0 Å². The molecule has 2 rings (SSSR count). The van der Waals surface area contributed by atoms with E-state index in [1.807, 2.05) is 32.0 Å². The zero-order valence-electron chi connectivity index (χ0n) is 12.4. The molecule has 2 unspecified atom stereocenters. The average Bonchev–Trinajstić information content (AvgIpc) is 2.47. The number of benzene rings is 2. The van der Waals surface area contributed by atoms with Gasteiger partial charge >= 0.3 is 0 Å². The molecule has 0 bridgehead atoms. The van der Waals surface area contributed by atoms with Crippen molar-refractivity contribution in [2.24, 2.45) is 5.73 Å². The highest BCUT2D eigenvalue weighted by Gasteiger charge is 2.16. The minimum atomic E-state index is -0.00880. The minimum absolute atomic E-state index is 0.00880. The Morgan fingerprint density at radius 2 is 1.40 bits per heavy atom. The van der Waals surface area contributed by atoms with Crippen LogP contribution in [0.25, 0.3) is 0 Å². The van der Waals surface area contributed by atoms with E-state index in [0.29, 0.717) is 0 Å². The van der Waals surface area contributed by atoms with Crippen molar-refractivity contribution in [2.45, 2.75) is 38.8 Å². The number of rotatable bonds is 5. The molecule has 0 saturated heterocycles. The first-order chi connectivity index (χ1) is 9.58. The van der Waals surface area contributed by atoms with Gasteiger partial charge in [0.25, 0.3) is 0 Å². The minimum Gasteiger partial charge on any atom is -0.491 e. The van der Waals surface area contributed by atoms with Crippen LogP contribution >= 0.6 is 0 Å². The molecule has 0 spiro atoms. The molecule has 2 aromatic rings. The Morgan fingerprint density at radius 1 is 0.800 bits per heavy atom. The molecule has 0 aliphatic rings. The lowest BCUT2D eigenvalue weighted by atomic mass is 9.89. The van der Waals surface area contributed by atoms with Crippen molar-refractivity contribution in [1.29, 1.82) is 0 Å². The van der Waals surface area contributed by atoms with Crippen LogP contribution in [0.5, 0.6) is 5.75 Å². The predicted molar refractivity (Wildman–Crippen MR) is 84.0 cm³/mol. The molecule has 106 valence electrons. The molecule has 0 fully saturated rings. The maximum atomic E-state index is 6.38. The van der Waals surface area contributed by atoms with Crippen molar-refractivity contribution < 1.29 is 4.74 Å². The fourth-order valence-corrected chi connectivity index (χ4v) is 2.29. The number of nitrogens with two attached hydrogens (primary N) is 1. The third kappa shape index (κ3) is 3.61. The SMILES string of the molecule is CC(C)Oc1ccc(C(N)C(C)c2ccccc2)cc1. The standard InChI is InChI=1S/C18H23NO/c1-13(2)20-17-11-9-16(10-12-17)18(19)14(3)15-7-5-4-6-8-15/h4-14,18H,19H2,1-3H3. The molecule has 2 heteroatoms. The Morgan fingerprint density at radius 3 is 1.95 bits per heavy atom. The summed E-state index contributed by atoms with van der Waals surface area (Å²) in [5.74, 6) is 1.18. The topological polar surface area (TPSA) is 35.2 Å². The zero-order chi connectivity index (χ0) is 14.5. The van der Waals surface area contributed by atoms with Gasteiger partial charge in [-0.3, -0.25) is 0 Å². The van der Waals surface area contributed by atoms with Crippen molar-refractivity contribution in [3.8, 4) is 5.75 Å². The molecule has 0 saturated carbocycles. The molecule has 2 N–H and O–H groups in total. The Balaban J connectivity index is 2.11. The molecule has 2 aromatic carbocycles. The monoisotopic (exact) mass is 269 g/mol. The Kier molecular flexibility index (Phi) is 4.80. The summed E-state index contributed by atoms with van der Waals surface area (Å²) in [5.41, 5.74) is 8.78. The maximum absolute atomic E-state index is 6.38. The molecule has 2 atom stereocenters. The van der Waals surface area contributed by atoms with E-state index in [2.05, 4.69) is 43.3 Å². The fourth-order valence-electron chi connectivity index (χ4n) is 2.29. The van der Waals surface area contributed by atoms with Crippen molar-refractivity contribution in [1.82, 2.24) is 0 Å². The third-order valence-electron chi connectivity index (χ3n) is 3.50. The van der Waals surface area contributed by atoms with Crippen LogP contribution in [0.3, 0.4) is 0 Å². The lowest BCUT2D eigenvalue weighted by Crippen LogP contribution is -2.17. The van der Waals surface area contributed by atoms with E-state index in [1.165, 1.54) is 5.56 Å². The molecule has 0 aromatic heterocycles. The smallest absolute Gasteiger partial charge is 0.119 e. The Hall–Kier alpha value is -1.80. The van der Waals surface area contributed by atoms with Gasteiger partial charge < -0.3 is 10.5 Å². The van der Waals surface area contributed by atoms with E-state index in [9.17, 15) is 0 Å². The summed E-state index contributed by atoms with van der Waals surface area (Å²) < 4.78 is 5.65. The van der Waals surface area contributed by atoms with Crippen LogP contribution in [0.1, 0.15) is 43.9 Å². The average molecular weight is 269 g/mol. The van der Waals surface area contributed by atoms with Crippen molar-refractivity contribution in [3.05, 3.63) is 65.7 Å². The van der Waals surface area contributed by atoms with E-state index in [4.69, 9.17) is 10.5 Å². The summed E-state index contributed by atoms with van der Waals surface area (Å²) >= 11 is 0. The predicted octanol–water partition coefficient (Wildman–Crippen LogP) is 4.28. The van der Waals surface area contributed by atoms with E-state index >= 15 is 0 Å². The summed E-state index contributed by atoms with van der Waals surface area (Å²) in [6, 6.07) is 18.5. The number of hydrogen-bond donors (Lipinski definition) is 1. The molecule has 0 aliphatic heterocycles. The van der Waals surface area contributed by atoms with Crippen LogP contribution in [0.15, 0.2) is 54.6 Å². The second-order valence-corrected chi connectivity index (χ2v) is 5.46. The highest BCUT2D eigenvalue weighted by molar-refractivity contribution is 5.32. The normalized spacial score (nSPS) is 14.1. The van der Waals surface area contributed by atoms with E-state index in [-0.39, 0.29) is 18.1 Å². The van der Waals surface area contributed by atoms with E-state index in [1.54, 1.807) is 0 Å². The molecular weight excluding hydrogens is 246 g/mol. The Bertz CT molecular complexity index is 519. The van der Waals surface area contributed by atoms with Gasteiger partial charge in [0, 0.05) is 12.0 Å². The fraction of sp³-hybridized carbons (Fsp3) is 0.333. The summed E-state index contributed by atoms with van der Waals surface area (Å²) in [6.45, 7) is 6.22. The van der Waals surface area contributed by atoms with Crippen molar-refractivity contribution >= 4 is 0 Å². The van der Waals surface area contributed by atoms with Crippen molar-refractivity contribution in [3.63, 3.8) is 0 Å². The van der Waals surface area contributed by atoms with E-state index in [0.717, 1.165) is 11.3 Å². The van der Waals surface area contributed by atoms with Crippen molar-refractivity contribution in [2.75, 3.05) is 0 Å². The third-order valence-corrected chi connectivity index (χ3v) is 3.50. The maximum Gasteiger partial charge on any atom is 0.119 e. The highest BCUT2D eigenvalue weighted by Crippen LogP contribution is 2.29. The summed E-state index contributed by atoms with van der Waals surface area (Å²) in [5, 5.41) is 0. The second kappa shape index (κ2) is 6.58. The molecule has 20 heavy (non-hydrogen) atoms. The van der Waals surface area contributed by atoms with Gasteiger partial charge in [0.1, 0.15) is 5.75 Å². The Labute approximate surface area is 121 Å². The van der Waals surface area contributed by atoms with Crippen LogP contribution in [-0.2, 0) is 0 Å². The van der Waals surface area contributed by atoms with E-state index < -0.39 is 0 Å². The molecule has 0 radical (unpaired) electrons. The van der Waals surface area contributed by atoms with Gasteiger partial charge in [-0.25, -0.2) is 0 Å². The first kappa shape index (κ1) is 14.6. The van der Waals surface area contributed by atoms with Crippen LogP contribution < -0.4 is 10.5 Å². The lowest BCUT2D eigenvalue weighted by Gasteiger charge is -2.21. The number of ether oxygens (including phenoxy) is 1. The van der Waals surface area contributed by atoms with Gasteiger partial charge in [0.2, 0.25) is 0 Å². The van der Waals surface area contributed by atoms with Crippen LogP contribution in [0.4, 0.5) is 0 Å². The van der Waals surface area contributed by atoms with Crippen LogP contribution in [0, 0.1) is 0 Å². The molecular formula is C18H23NO. The first-order valence-corrected chi connectivity index (χ1v) is 7.15. The molecule has 0 heterocycles. The largest absolute Gasteiger partial charge is 0.491 e. The van der Waals surface area contributed by atoms with Crippen LogP contribution in [0.2, 0.25) is 0 Å². The summed E-state index contributed by atoms with van der Waals surface area (Å²) in [7, 11) is 0. The second-order valence-electron chi connectivity index (χ2n) is 5.46. The summed E-state index contributed by atoms with van der Waals surface area (Å²) in [4.78, 5) is 0. The molecule has 2 nitrogen and oxygen atoms in total. The summed E-state index contributed by atoms with van der Waals surface area (Å²) in [6.07, 6.45) is 0.192. The quantitative estimate of drug-likeness (QED) is 0.879. The van der Waals surface area contributed by atoms with Gasteiger partial charge in [-0.15, -0.1) is 0 Å². The zero-order valence-corrected chi connectivity index (χ0v) is 12.4. The first-order valence-electron chi connectivity index (χ1n) is 7.15. The van der Waals surface area contributed by atoms with Gasteiger partial charge in [-0.1, -0.05) is 49.4 Å². The number of hydrogen-bond acceptors (Lipinski definition) is 2. The van der Waals surface area contributed by atoms with Gasteiger partial charge in [0.05, 0.1) is 6.10 Å². The van der Waals surface area contributed by atoms with Gasteiger partial charge in [-0.05, 0) is 37.1 Å². The molecule has 0 amide bonds. The molecule has 0 aliphatic carbocycles. The highest BCUT2D eigenvalue weighted by atomic mass is 16.5.